The van der Waals surface area contributed by atoms with Crippen LogP contribution in [-0.2, 0) is 4.79 Å². The minimum atomic E-state index is 0.208. The number of allylic oxidation sites excluding steroid dienone is 1. The van der Waals surface area contributed by atoms with Crippen LogP contribution in [0.3, 0.4) is 0 Å². The van der Waals surface area contributed by atoms with Crippen molar-refractivity contribution in [2.24, 2.45) is 0 Å². The summed E-state index contributed by atoms with van der Waals surface area (Å²) >= 11 is 0. The van der Waals surface area contributed by atoms with Crippen LogP contribution in [0.2, 0.25) is 0 Å². The zero-order valence-electron chi connectivity index (χ0n) is 6.65. The van der Waals surface area contributed by atoms with Gasteiger partial charge in [0.15, 0.2) is 0 Å². The Morgan fingerprint density at radius 1 is 1.09 bits per heavy atom. The molecule has 0 radical (unpaired) electrons. The summed E-state index contributed by atoms with van der Waals surface area (Å²) in [6.45, 7) is 0.828. The van der Waals surface area contributed by atoms with Gasteiger partial charge in [0.25, 0.3) is 0 Å². The maximum Gasteiger partial charge on any atom is 0.224 e. The average molecular weight is 151 g/mol. The molecule has 0 bridgehead atoms. The number of carbonyl (C=O) groups is 1. The molecule has 0 aromatic rings. The number of rotatable bonds is 0. The minimum absolute atomic E-state index is 0.208. The van der Waals surface area contributed by atoms with Crippen molar-refractivity contribution in [2.45, 2.75) is 32.1 Å². The highest BCUT2D eigenvalue weighted by molar-refractivity contribution is 5.82. The molecule has 11 heavy (non-hydrogen) atoms. The molecule has 0 aromatic carbocycles. The van der Waals surface area contributed by atoms with Crippen LogP contribution < -0.4 is 5.32 Å². The molecular formula is C9H13NO. The molecule has 1 saturated carbocycles. The molecule has 2 rings (SSSR count). The minimum Gasteiger partial charge on any atom is -0.352 e. The van der Waals surface area contributed by atoms with E-state index in [9.17, 15) is 4.79 Å². The van der Waals surface area contributed by atoms with E-state index in [1.54, 1.807) is 5.57 Å². The Morgan fingerprint density at radius 2 is 1.82 bits per heavy atom. The molecular weight excluding hydrogens is 138 g/mol. The van der Waals surface area contributed by atoms with E-state index < -0.39 is 0 Å². The van der Waals surface area contributed by atoms with Crippen molar-refractivity contribution in [2.75, 3.05) is 6.54 Å². The maximum absolute atomic E-state index is 10.9. The molecule has 60 valence electrons. The highest BCUT2D eigenvalue weighted by atomic mass is 16.1. The van der Waals surface area contributed by atoms with Gasteiger partial charge < -0.3 is 5.32 Å². The fourth-order valence-corrected chi connectivity index (χ4v) is 1.93. The largest absolute Gasteiger partial charge is 0.352 e. The Kier molecular flexibility index (Phi) is 1.68. The van der Waals surface area contributed by atoms with Gasteiger partial charge in [0.2, 0.25) is 5.91 Å². The lowest BCUT2D eigenvalue weighted by Gasteiger charge is -1.98. The maximum atomic E-state index is 10.9. The summed E-state index contributed by atoms with van der Waals surface area (Å²) in [4.78, 5) is 10.9. The standard InChI is InChI=1S/C9H13NO/c11-9-5-8(6-10-9)7-3-1-2-4-7/h1-6H2,(H,10,11). The second-order valence-corrected chi connectivity index (χ2v) is 3.37. The number of amides is 1. The molecule has 0 atom stereocenters. The predicted octanol–water partition coefficient (Wildman–Crippen LogP) is 1.38. The van der Waals surface area contributed by atoms with E-state index in [0.29, 0.717) is 6.42 Å². The zero-order chi connectivity index (χ0) is 7.68. The second kappa shape index (κ2) is 2.68. The summed E-state index contributed by atoms with van der Waals surface area (Å²) in [7, 11) is 0. The van der Waals surface area contributed by atoms with Crippen molar-refractivity contribution in [3.8, 4) is 0 Å². The van der Waals surface area contributed by atoms with E-state index in [2.05, 4.69) is 5.32 Å². The van der Waals surface area contributed by atoms with Crippen LogP contribution in [0, 0.1) is 0 Å². The molecule has 2 fully saturated rings. The molecule has 1 saturated heterocycles. The summed E-state index contributed by atoms with van der Waals surface area (Å²) in [6.07, 6.45) is 5.81. The van der Waals surface area contributed by atoms with Crippen molar-refractivity contribution in [3.63, 3.8) is 0 Å². The average Bonchev–Trinajstić information content (AvgIpc) is 2.55. The van der Waals surface area contributed by atoms with Crippen LogP contribution in [0.25, 0.3) is 0 Å². The van der Waals surface area contributed by atoms with Crippen LogP contribution in [0.4, 0.5) is 0 Å². The third kappa shape index (κ3) is 1.30. The molecule has 1 aliphatic heterocycles. The van der Waals surface area contributed by atoms with Crippen molar-refractivity contribution in [3.05, 3.63) is 11.1 Å². The molecule has 1 heterocycles. The lowest BCUT2D eigenvalue weighted by atomic mass is 10.1. The van der Waals surface area contributed by atoms with Crippen molar-refractivity contribution in [1.29, 1.82) is 0 Å². The van der Waals surface area contributed by atoms with Crippen LogP contribution in [0.15, 0.2) is 11.1 Å². The van der Waals surface area contributed by atoms with Gasteiger partial charge in [-0.2, -0.15) is 0 Å². The van der Waals surface area contributed by atoms with Crippen molar-refractivity contribution < 1.29 is 4.79 Å². The third-order valence-corrected chi connectivity index (χ3v) is 2.58. The number of nitrogens with one attached hydrogen (secondary N) is 1. The van der Waals surface area contributed by atoms with Gasteiger partial charge in [0.1, 0.15) is 0 Å². The highest BCUT2D eigenvalue weighted by Gasteiger charge is 2.19. The first-order chi connectivity index (χ1) is 5.36. The Hall–Kier alpha value is -0.790. The van der Waals surface area contributed by atoms with Gasteiger partial charge in [-0.3, -0.25) is 4.79 Å². The fourth-order valence-electron chi connectivity index (χ4n) is 1.93. The molecule has 2 heteroatoms. The van der Waals surface area contributed by atoms with Gasteiger partial charge in [-0.1, -0.05) is 5.57 Å². The SMILES string of the molecule is O=C1CC(=C2CCCC2)CN1. The highest BCUT2D eigenvalue weighted by Crippen LogP contribution is 2.29. The van der Waals surface area contributed by atoms with Crippen LogP contribution >= 0.6 is 0 Å². The first-order valence-corrected chi connectivity index (χ1v) is 4.33. The van der Waals surface area contributed by atoms with Crippen LogP contribution in [-0.4, -0.2) is 12.5 Å². The van der Waals surface area contributed by atoms with Crippen molar-refractivity contribution in [1.82, 2.24) is 5.32 Å². The monoisotopic (exact) mass is 151 g/mol. The quantitative estimate of drug-likeness (QED) is 0.521. The van der Waals surface area contributed by atoms with E-state index in [1.807, 2.05) is 0 Å². The summed E-state index contributed by atoms with van der Waals surface area (Å²) < 4.78 is 0. The summed E-state index contributed by atoms with van der Waals surface area (Å²) in [6, 6.07) is 0. The van der Waals surface area contributed by atoms with E-state index in [1.165, 1.54) is 31.3 Å². The Bertz CT molecular complexity index is 210. The van der Waals surface area contributed by atoms with E-state index >= 15 is 0 Å². The molecule has 2 nitrogen and oxygen atoms in total. The van der Waals surface area contributed by atoms with E-state index in [4.69, 9.17) is 0 Å². The zero-order valence-corrected chi connectivity index (χ0v) is 6.65. The molecule has 0 spiro atoms. The molecule has 2 aliphatic rings. The van der Waals surface area contributed by atoms with E-state index in [-0.39, 0.29) is 5.91 Å². The molecule has 0 aromatic heterocycles. The molecule has 1 aliphatic carbocycles. The smallest absolute Gasteiger partial charge is 0.224 e. The van der Waals surface area contributed by atoms with Gasteiger partial charge in [-0.15, -0.1) is 0 Å². The molecule has 0 unspecified atom stereocenters. The lowest BCUT2D eigenvalue weighted by Crippen LogP contribution is -2.12. The van der Waals surface area contributed by atoms with Crippen molar-refractivity contribution >= 4 is 5.91 Å². The number of hydrogen-bond acceptors (Lipinski definition) is 1. The van der Waals surface area contributed by atoms with Crippen LogP contribution in [0.5, 0.6) is 0 Å². The first-order valence-electron chi connectivity index (χ1n) is 4.33. The Labute approximate surface area is 66.7 Å². The van der Waals surface area contributed by atoms with Crippen LogP contribution in [0.1, 0.15) is 32.1 Å². The fraction of sp³-hybridized carbons (Fsp3) is 0.667. The Morgan fingerprint density at radius 3 is 2.36 bits per heavy atom. The Balaban J connectivity index is 2.13. The summed E-state index contributed by atoms with van der Waals surface area (Å²) in [5.74, 6) is 0.208. The first kappa shape index (κ1) is 6.89. The topological polar surface area (TPSA) is 29.1 Å². The molecule has 1 N–H and O–H groups in total. The summed E-state index contributed by atoms with van der Waals surface area (Å²) in [5, 5.41) is 2.85. The van der Waals surface area contributed by atoms with E-state index in [0.717, 1.165) is 6.54 Å². The van der Waals surface area contributed by atoms with Gasteiger partial charge >= 0.3 is 0 Å². The normalized spacial score (nSPS) is 24.5. The molecule has 1 amide bonds. The van der Waals surface area contributed by atoms with Gasteiger partial charge in [0.05, 0.1) is 0 Å². The number of carbonyl (C=O) groups excluding carboxylic acids is 1. The lowest BCUT2D eigenvalue weighted by molar-refractivity contribution is -0.118. The van der Waals surface area contributed by atoms with Gasteiger partial charge in [-0.05, 0) is 31.3 Å². The summed E-state index contributed by atoms with van der Waals surface area (Å²) in [5.41, 5.74) is 2.94. The van der Waals surface area contributed by atoms with Gasteiger partial charge in [-0.25, -0.2) is 0 Å². The predicted molar refractivity (Wildman–Crippen MR) is 43.1 cm³/mol. The second-order valence-electron chi connectivity index (χ2n) is 3.37. The van der Waals surface area contributed by atoms with Gasteiger partial charge in [0, 0.05) is 13.0 Å². The number of hydrogen-bond donors (Lipinski definition) is 1. The third-order valence-electron chi connectivity index (χ3n) is 2.58.